The Hall–Kier alpha value is -0.920. The lowest BCUT2D eigenvalue weighted by Gasteiger charge is -2.30. The van der Waals surface area contributed by atoms with Crippen LogP contribution in [0, 0.1) is 0 Å². The zero-order chi connectivity index (χ0) is 15.0. The Kier molecular flexibility index (Phi) is 4.07. The average Bonchev–Trinajstić information content (AvgIpc) is 3.21. The van der Waals surface area contributed by atoms with Crippen LogP contribution >= 0.6 is 11.6 Å². The predicted molar refractivity (Wildman–Crippen MR) is 82.1 cm³/mol. The number of aromatic nitrogens is 2. The number of nitrogens with zero attached hydrogens (tertiary/aromatic N) is 3. The molecule has 1 saturated carbocycles. The molecule has 0 unspecified atom stereocenters. The van der Waals surface area contributed by atoms with E-state index >= 15 is 0 Å². The van der Waals surface area contributed by atoms with E-state index in [1.165, 1.54) is 10.6 Å². The van der Waals surface area contributed by atoms with Crippen LogP contribution in [0.25, 0.3) is 0 Å². The molecule has 0 bridgehead atoms. The SMILES string of the molecule is CS(=O)(=O)N1CCC(Nc2cc(Cl)nc(C3CC3)n2)CC1. The molecule has 1 aliphatic carbocycles. The van der Waals surface area contributed by atoms with Gasteiger partial charge in [0.15, 0.2) is 0 Å². The second kappa shape index (κ2) is 5.70. The Bertz CT molecular complexity index is 625. The summed E-state index contributed by atoms with van der Waals surface area (Å²) in [5.74, 6) is 2.02. The van der Waals surface area contributed by atoms with E-state index in [0.717, 1.165) is 37.3 Å². The second-order valence-corrected chi connectivity index (χ2v) is 8.16. The number of piperidine rings is 1. The van der Waals surface area contributed by atoms with Crippen molar-refractivity contribution in [1.29, 1.82) is 0 Å². The van der Waals surface area contributed by atoms with Crippen molar-refractivity contribution in [2.75, 3.05) is 24.7 Å². The van der Waals surface area contributed by atoms with Crippen molar-refractivity contribution in [3.05, 3.63) is 17.0 Å². The van der Waals surface area contributed by atoms with E-state index in [1.807, 2.05) is 0 Å². The molecule has 21 heavy (non-hydrogen) atoms. The lowest BCUT2D eigenvalue weighted by molar-refractivity contribution is 0.331. The highest BCUT2D eigenvalue weighted by Crippen LogP contribution is 2.38. The third kappa shape index (κ3) is 3.84. The van der Waals surface area contributed by atoms with Crippen molar-refractivity contribution in [2.24, 2.45) is 0 Å². The van der Waals surface area contributed by atoms with Crippen LogP contribution in [0.4, 0.5) is 5.82 Å². The molecule has 0 atom stereocenters. The first kappa shape index (κ1) is 15.0. The fourth-order valence-electron chi connectivity index (χ4n) is 2.57. The molecule has 6 nitrogen and oxygen atoms in total. The van der Waals surface area contributed by atoms with Crippen LogP contribution in [0.3, 0.4) is 0 Å². The standard InChI is InChI=1S/C13H19ClN4O2S/c1-21(19,20)18-6-4-10(5-7-18)15-12-8-11(14)16-13(17-12)9-2-3-9/h8-10H,2-7H2,1H3,(H,15,16,17). The summed E-state index contributed by atoms with van der Waals surface area (Å²) in [6.45, 7) is 1.09. The quantitative estimate of drug-likeness (QED) is 0.853. The maximum atomic E-state index is 11.5. The van der Waals surface area contributed by atoms with Gasteiger partial charge in [0.25, 0.3) is 0 Å². The number of rotatable bonds is 4. The van der Waals surface area contributed by atoms with Crippen molar-refractivity contribution in [3.8, 4) is 0 Å². The summed E-state index contributed by atoms with van der Waals surface area (Å²) in [6, 6.07) is 1.96. The maximum Gasteiger partial charge on any atom is 0.211 e. The van der Waals surface area contributed by atoms with Crippen LogP contribution in [0.2, 0.25) is 5.15 Å². The molecule has 1 aromatic rings. The minimum Gasteiger partial charge on any atom is -0.367 e. The van der Waals surface area contributed by atoms with Gasteiger partial charge in [0.1, 0.15) is 16.8 Å². The van der Waals surface area contributed by atoms with Crippen LogP contribution < -0.4 is 5.32 Å². The Morgan fingerprint density at radius 1 is 1.24 bits per heavy atom. The first-order chi connectivity index (χ1) is 9.91. The van der Waals surface area contributed by atoms with Gasteiger partial charge in [-0.15, -0.1) is 0 Å². The first-order valence-electron chi connectivity index (χ1n) is 7.18. The smallest absolute Gasteiger partial charge is 0.211 e. The van der Waals surface area contributed by atoms with Gasteiger partial charge in [0, 0.05) is 31.1 Å². The predicted octanol–water partition coefficient (Wildman–Crippen LogP) is 1.84. The molecule has 2 fully saturated rings. The van der Waals surface area contributed by atoms with Gasteiger partial charge in [0.05, 0.1) is 6.26 Å². The molecular formula is C13H19ClN4O2S. The lowest BCUT2D eigenvalue weighted by atomic mass is 10.1. The largest absolute Gasteiger partial charge is 0.367 e. The van der Waals surface area contributed by atoms with Gasteiger partial charge in [-0.2, -0.15) is 0 Å². The maximum absolute atomic E-state index is 11.5. The van der Waals surface area contributed by atoms with Crippen LogP contribution in [0.1, 0.15) is 37.4 Å². The molecule has 1 aromatic heterocycles. The minimum absolute atomic E-state index is 0.223. The number of anilines is 1. The summed E-state index contributed by atoms with van der Waals surface area (Å²) >= 11 is 6.04. The van der Waals surface area contributed by atoms with Crippen molar-refractivity contribution < 1.29 is 8.42 Å². The molecule has 3 rings (SSSR count). The van der Waals surface area contributed by atoms with Crippen molar-refractivity contribution >= 4 is 27.4 Å². The third-order valence-corrected chi connectivity index (χ3v) is 5.43. The van der Waals surface area contributed by atoms with Gasteiger partial charge in [-0.1, -0.05) is 11.6 Å². The topological polar surface area (TPSA) is 75.2 Å². The van der Waals surface area contributed by atoms with Gasteiger partial charge >= 0.3 is 0 Å². The number of halogens is 1. The lowest BCUT2D eigenvalue weighted by Crippen LogP contribution is -2.41. The molecule has 0 radical (unpaired) electrons. The fraction of sp³-hybridized carbons (Fsp3) is 0.692. The molecule has 2 aliphatic rings. The van der Waals surface area contributed by atoms with E-state index in [1.54, 1.807) is 6.07 Å². The second-order valence-electron chi connectivity index (χ2n) is 5.79. The Morgan fingerprint density at radius 2 is 1.90 bits per heavy atom. The summed E-state index contributed by atoms with van der Waals surface area (Å²) < 4.78 is 24.5. The zero-order valence-corrected chi connectivity index (χ0v) is 13.5. The van der Waals surface area contributed by atoms with Crippen molar-refractivity contribution in [3.63, 3.8) is 0 Å². The van der Waals surface area contributed by atoms with E-state index in [4.69, 9.17) is 11.6 Å². The molecule has 0 amide bonds. The highest BCUT2D eigenvalue weighted by atomic mass is 35.5. The van der Waals surface area contributed by atoms with Crippen LogP contribution in [0.15, 0.2) is 6.07 Å². The third-order valence-electron chi connectivity index (χ3n) is 3.93. The van der Waals surface area contributed by atoms with Crippen LogP contribution in [-0.2, 0) is 10.0 Å². The summed E-state index contributed by atoms with van der Waals surface area (Å²) in [5, 5.41) is 3.82. The van der Waals surface area contributed by atoms with Gasteiger partial charge in [-0.25, -0.2) is 22.7 Å². The first-order valence-corrected chi connectivity index (χ1v) is 9.40. The summed E-state index contributed by atoms with van der Waals surface area (Å²) in [7, 11) is -3.08. The van der Waals surface area contributed by atoms with Gasteiger partial charge in [-0.3, -0.25) is 0 Å². The monoisotopic (exact) mass is 330 g/mol. The summed E-state index contributed by atoms with van der Waals surface area (Å²) in [5.41, 5.74) is 0. The molecule has 1 saturated heterocycles. The van der Waals surface area contributed by atoms with E-state index in [0.29, 0.717) is 24.2 Å². The minimum atomic E-state index is -3.08. The number of hydrogen-bond donors (Lipinski definition) is 1. The van der Waals surface area contributed by atoms with E-state index in [-0.39, 0.29) is 6.04 Å². The van der Waals surface area contributed by atoms with Gasteiger partial charge in [0.2, 0.25) is 10.0 Å². The average molecular weight is 331 g/mol. The van der Waals surface area contributed by atoms with E-state index < -0.39 is 10.0 Å². The Balaban J connectivity index is 1.63. The number of sulfonamides is 1. The summed E-state index contributed by atoms with van der Waals surface area (Å²) in [6.07, 6.45) is 5.06. The van der Waals surface area contributed by atoms with Gasteiger partial charge in [-0.05, 0) is 25.7 Å². The molecular weight excluding hydrogens is 312 g/mol. The van der Waals surface area contributed by atoms with Crippen LogP contribution in [-0.4, -0.2) is 48.1 Å². The zero-order valence-electron chi connectivity index (χ0n) is 11.9. The van der Waals surface area contributed by atoms with Crippen molar-refractivity contribution in [1.82, 2.24) is 14.3 Å². The Labute approximate surface area is 130 Å². The van der Waals surface area contributed by atoms with Gasteiger partial charge < -0.3 is 5.32 Å². The number of nitrogens with one attached hydrogen (secondary N) is 1. The number of hydrogen-bond acceptors (Lipinski definition) is 5. The Morgan fingerprint density at radius 3 is 2.48 bits per heavy atom. The highest BCUT2D eigenvalue weighted by molar-refractivity contribution is 7.88. The molecule has 116 valence electrons. The molecule has 8 heteroatoms. The van der Waals surface area contributed by atoms with E-state index in [2.05, 4.69) is 15.3 Å². The highest BCUT2D eigenvalue weighted by Gasteiger charge is 2.28. The molecule has 1 N–H and O–H groups in total. The molecule has 0 aromatic carbocycles. The normalized spacial score (nSPS) is 21.4. The van der Waals surface area contributed by atoms with Crippen LogP contribution in [0.5, 0.6) is 0 Å². The molecule has 2 heterocycles. The molecule has 1 aliphatic heterocycles. The summed E-state index contributed by atoms with van der Waals surface area (Å²) in [4.78, 5) is 8.78. The van der Waals surface area contributed by atoms with E-state index in [9.17, 15) is 8.42 Å². The molecule has 0 spiro atoms. The fourth-order valence-corrected chi connectivity index (χ4v) is 3.64. The van der Waals surface area contributed by atoms with Crippen molar-refractivity contribution in [2.45, 2.75) is 37.6 Å².